The molecule has 1 spiro atoms. The van der Waals surface area contributed by atoms with Crippen LogP contribution in [-0.4, -0.2) is 40.6 Å². The zero-order valence-corrected chi connectivity index (χ0v) is 15.9. The second-order valence-corrected chi connectivity index (χ2v) is 8.69. The number of esters is 2. The molecule has 4 aliphatic rings. The van der Waals surface area contributed by atoms with Gasteiger partial charge in [0.15, 0.2) is 0 Å². The number of aliphatic hydroxyl groups is 1. The number of fused-ring (bicyclic) bond motifs is 1. The summed E-state index contributed by atoms with van der Waals surface area (Å²) >= 11 is 0. The third-order valence-electron chi connectivity index (χ3n) is 6.96. The number of carbonyl (C=O) groups excluding carboxylic acids is 2. The molecule has 2 aliphatic carbocycles. The molecule has 6 nitrogen and oxygen atoms in total. The quantitative estimate of drug-likeness (QED) is 0.461. The van der Waals surface area contributed by atoms with Gasteiger partial charge in [-0.3, -0.25) is 0 Å². The number of carbonyl (C=O) groups is 2. The highest BCUT2D eigenvalue weighted by molar-refractivity contribution is 5.93. The Kier molecular flexibility index (Phi) is 3.55. The van der Waals surface area contributed by atoms with Crippen molar-refractivity contribution in [2.45, 2.75) is 77.5 Å². The van der Waals surface area contributed by atoms with Crippen LogP contribution in [0.1, 0.15) is 53.9 Å². The molecule has 2 saturated carbocycles. The minimum Gasteiger partial charge on any atom is -0.454 e. The SMILES string of the molecule is CC(C)=CC(=O)O[C@@H]1C2=C(C)C(=O)O[C@]2(O)C[C@@]23O[C@@H]2CC[C@H](C)[C@@]13C. The maximum Gasteiger partial charge on any atom is 0.336 e. The van der Waals surface area contributed by atoms with Gasteiger partial charge >= 0.3 is 11.9 Å². The van der Waals surface area contributed by atoms with Crippen LogP contribution in [0.2, 0.25) is 0 Å². The Hall–Kier alpha value is -1.66. The summed E-state index contributed by atoms with van der Waals surface area (Å²) in [5, 5.41) is 11.2. The Morgan fingerprint density at radius 1 is 1.35 bits per heavy atom. The molecule has 3 fully saturated rings. The first kappa shape index (κ1) is 17.7. The van der Waals surface area contributed by atoms with Crippen LogP contribution in [0.4, 0.5) is 0 Å². The molecule has 1 N–H and O–H groups in total. The van der Waals surface area contributed by atoms with Crippen LogP contribution in [0.5, 0.6) is 0 Å². The van der Waals surface area contributed by atoms with Crippen LogP contribution >= 0.6 is 0 Å². The molecule has 4 rings (SSSR count). The van der Waals surface area contributed by atoms with Crippen molar-refractivity contribution >= 4 is 11.9 Å². The molecule has 0 amide bonds. The molecule has 142 valence electrons. The molecule has 0 radical (unpaired) electrons. The highest BCUT2D eigenvalue weighted by Crippen LogP contribution is 2.70. The Morgan fingerprint density at radius 3 is 2.69 bits per heavy atom. The summed E-state index contributed by atoms with van der Waals surface area (Å²) in [5.41, 5.74) is 0.368. The Labute approximate surface area is 153 Å². The fourth-order valence-corrected chi connectivity index (χ4v) is 5.37. The van der Waals surface area contributed by atoms with Gasteiger partial charge in [0, 0.05) is 23.5 Å². The van der Waals surface area contributed by atoms with Crippen LogP contribution < -0.4 is 0 Å². The van der Waals surface area contributed by atoms with Crippen LogP contribution in [-0.2, 0) is 23.8 Å². The molecule has 0 bridgehead atoms. The first-order valence-electron chi connectivity index (χ1n) is 9.25. The van der Waals surface area contributed by atoms with Crippen LogP contribution in [0.15, 0.2) is 22.8 Å². The molecule has 0 aromatic heterocycles. The van der Waals surface area contributed by atoms with Crippen LogP contribution in [0.25, 0.3) is 0 Å². The summed E-state index contributed by atoms with van der Waals surface area (Å²) in [6, 6.07) is 0. The van der Waals surface area contributed by atoms with E-state index in [0.29, 0.717) is 11.1 Å². The van der Waals surface area contributed by atoms with E-state index in [9.17, 15) is 14.7 Å². The summed E-state index contributed by atoms with van der Waals surface area (Å²) < 4.78 is 17.3. The minimum absolute atomic E-state index is 0.00135. The van der Waals surface area contributed by atoms with Crippen LogP contribution in [0, 0.1) is 11.3 Å². The van der Waals surface area contributed by atoms with Gasteiger partial charge in [0.2, 0.25) is 5.79 Å². The molecule has 0 unspecified atom stereocenters. The summed E-state index contributed by atoms with van der Waals surface area (Å²) in [5.74, 6) is -2.60. The molecule has 0 aromatic carbocycles. The lowest BCUT2D eigenvalue weighted by Crippen LogP contribution is -2.64. The third-order valence-corrected chi connectivity index (χ3v) is 6.96. The van der Waals surface area contributed by atoms with E-state index >= 15 is 0 Å². The standard InChI is InChI=1S/C20H26O6/c1-10(2)8-14(21)24-16-15-12(4)17(22)26-20(15,23)9-19-13(25-19)7-6-11(3)18(16,19)5/h8,11,13,16,23H,6-7,9H2,1-5H3/t11-,13+,16+,18-,19+,20+/m0/s1. The lowest BCUT2D eigenvalue weighted by molar-refractivity contribution is -0.225. The number of ether oxygens (including phenoxy) is 3. The van der Waals surface area contributed by atoms with Crippen molar-refractivity contribution in [3.05, 3.63) is 22.8 Å². The smallest absolute Gasteiger partial charge is 0.336 e. The summed E-state index contributed by atoms with van der Waals surface area (Å²) in [6.07, 6.45) is 2.69. The van der Waals surface area contributed by atoms with E-state index in [0.717, 1.165) is 18.4 Å². The topological polar surface area (TPSA) is 85.4 Å². The highest BCUT2D eigenvalue weighted by Gasteiger charge is 2.80. The summed E-state index contributed by atoms with van der Waals surface area (Å²) in [6.45, 7) is 9.44. The zero-order chi connectivity index (χ0) is 19.1. The van der Waals surface area contributed by atoms with E-state index in [1.807, 2.05) is 13.8 Å². The first-order valence-corrected chi connectivity index (χ1v) is 9.25. The molecule has 6 heteroatoms. The molecular formula is C20H26O6. The second kappa shape index (κ2) is 5.20. The van der Waals surface area contributed by atoms with E-state index in [4.69, 9.17) is 14.2 Å². The van der Waals surface area contributed by atoms with E-state index in [1.54, 1.807) is 6.92 Å². The molecule has 2 aliphatic heterocycles. The van der Waals surface area contributed by atoms with Crippen molar-refractivity contribution in [1.82, 2.24) is 0 Å². The number of hydrogen-bond donors (Lipinski definition) is 1. The van der Waals surface area contributed by atoms with Crippen molar-refractivity contribution in [1.29, 1.82) is 0 Å². The maximum absolute atomic E-state index is 12.5. The summed E-state index contributed by atoms with van der Waals surface area (Å²) in [4.78, 5) is 24.7. The molecule has 0 aromatic rings. The van der Waals surface area contributed by atoms with Gasteiger partial charge in [-0.25, -0.2) is 9.59 Å². The largest absolute Gasteiger partial charge is 0.454 e. The fourth-order valence-electron chi connectivity index (χ4n) is 5.37. The van der Waals surface area contributed by atoms with Gasteiger partial charge in [-0.05, 0) is 39.5 Å². The van der Waals surface area contributed by atoms with E-state index < -0.39 is 34.8 Å². The van der Waals surface area contributed by atoms with E-state index in [-0.39, 0.29) is 18.4 Å². The monoisotopic (exact) mass is 362 g/mol. The fraction of sp³-hybridized carbons (Fsp3) is 0.700. The zero-order valence-electron chi connectivity index (χ0n) is 15.9. The molecular weight excluding hydrogens is 336 g/mol. The van der Waals surface area contributed by atoms with Crippen molar-refractivity contribution < 1.29 is 28.9 Å². The maximum atomic E-state index is 12.5. The molecule has 1 saturated heterocycles. The minimum atomic E-state index is -1.76. The third kappa shape index (κ3) is 2.06. The average molecular weight is 362 g/mol. The number of epoxide rings is 1. The van der Waals surface area contributed by atoms with Crippen molar-refractivity contribution in [2.24, 2.45) is 11.3 Å². The van der Waals surface area contributed by atoms with Gasteiger partial charge in [-0.2, -0.15) is 0 Å². The average Bonchev–Trinajstić information content (AvgIpc) is 3.17. The Balaban J connectivity index is 1.85. The van der Waals surface area contributed by atoms with Gasteiger partial charge in [0.1, 0.15) is 11.7 Å². The van der Waals surface area contributed by atoms with Crippen LogP contribution in [0.3, 0.4) is 0 Å². The van der Waals surface area contributed by atoms with Gasteiger partial charge in [-0.15, -0.1) is 0 Å². The first-order chi connectivity index (χ1) is 12.0. The Morgan fingerprint density at radius 2 is 2.04 bits per heavy atom. The summed E-state index contributed by atoms with van der Waals surface area (Å²) in [7, 11) is 0. The van der Waals surface area contributed by atoms with Gasteiger partial charge < -0.3 is 19.3 Å². The second-order valence-electron chi connectivity index (χ2n) is 8.69. The Bertz CT molecular complexity index is 762. The molecule has 6 atom stereocenters. The number of rotatable bonds is 2. The van der Waals surface area contributed by atoms with E-state index in [1.165, 1.54) is 6.08 Å². The number of allylic oxidation sites excluding steroid dienone is 1. The van der Waals surface area contributed by atoms with Gasteiger partial charge in [-0.1, -0.05) is 19.4 Å². The van der Waals surface area contributed by atoms with Crippen molar-refractivity contribution in [3.8, 4) is 0 Å². The van der Waals surface area contributed by atoms with E-state index in [2.05, 4.69) is 13.8 Å². The predicted octanol–water partition coefficient (Wildman–Crippen LogP) is 2.40. The lowest BCUT2D eigenvalue weighted by Gasteiger charge is -2.54. The highest BCUT2D eigenvalue weighted by atomic mass is 16.7. The van der Waals surface area contributed by atoms with Gasteiger partial charge in [0.25, 0.3) is 0 Å². The van der Waals surface area contributed by atoms with Gasteiger partial charge in [0.05, 0.1) is 11.7 Å². The van der Waals surface area contributed by atoms with Crippen molar-refractivity contribution in [2.75, 3.05) is 0 Å². The lowest BCUT2D eigenvalue weighted by atomic mass is 9.51. The molecule has 2 heterocycles. The predicted molar refractivity (Wildman–Crippen MR) is 91.8 cm³/mol. The number of hydrogen-bond acceptors (Lipinski definition) is 6. The normalized spacial score (nSPS) is 45.9. The molecule has 26 heavy (non-hydrogen) atoms. The van der Waals surface area contributed by atoms with Crippen molar-refractivity contribution in [3.63, 3.8) is 0 Å².